The van der Waals surface area contributed by atoms with E-state index in [1.54, 1.807) is 6.92 Å². The molecule has 3 nitrogen and oxygen atoms in total. The third-order valence-electron chi connectivity index (χ3n) is 1.53. The molecule has 1 rings (SSSR count). The van der Waals surface area contributed by atoms with Crippen molar-refractivity contribution in [3.63, 3.8) is 0 Å². The molecular formula is C5H12ClNO2S. The van der Waals surface area contributed by atoms with Crippen LogP contribution in [0.1, 0.15) is 13.3 Å². The van der Waals surface area contributed by atoms with Gasteiger partial charge in [-0.15, -0.1) is 12.4 Å². The zero-order valence-corrected chi connectivity index (χ0v) is 7.46. The molecule has 1 saturated heterocycles. The molecule has 1 aliphatic rings. The van der Waals surface area contributed by atoms with Crippen LogP contribution in [0.3, 0.4) is 0 Å². The van der Waals surface area contributed by atoms with Gasteiger partial charge in [-0.3, -0.25) is 0 Å². The van der Waals surface area contributed by atoms with Crippen LogP contribution in [0.4, 0.5) is 0 Å². The van der Waals surface area contributed by atoms with Crippen molar-refractivity contribution in [2.45, 2.75) is 18.9 Å². The highest BCUT2D eigenvalue weighted by Gasteiger charge is 2.34. The minimum absolute atomic E-state index is 0. The van der Waals surface area contributed by atoms with Crippen LogP contribution in [-0.2, 0) is 9.84 Å². The van der Waals surface area contributed by atoms with Crippen LogP contribution in [-0.4, -0.2) is 25.5 Å². The molecule has 1 fully saturated rings. The summed E-state index contributed by atoms with van der Waals surface area (Å²) in [5, 5.41) is 0. The highest BCUT2D eigenvalue weighted by atomic mass is 35.5. The summed E-state index contributed by atoms with van der Waals surface area (Å²) in [6, 6.07) is 0. The van der Waals surface area contributed by atoms with Gasteiger partial charge in [-0.1, -0.05) is 0 Å². The monoisotopic (exact) mass is 185 g/mol. The molecule has 0 aliphatic carbocycles. The lowest BCUT2D eigenvalue weighted by Gasteiger charge is -2.12. The lowest BCUT2D eigenvalue weighted by molar-refractivity contribution is 0.530. The van der Waals surface area contributed by atoms with Crippen molar-refractivity contribution >= 4 is 22.2 Å². The Morgan fingerprint density at radius 3 is 2.10 bits per heavy atom. The number of sulfone groups is 1. The van der Waals surface area contributed by atoms with Gasteiger partial charge < -0.3 is 5.73 Å². The van der Waals surface area contributed by atoms with E-state index in [1.807, 2.05) is 0 Å². The van der Waals surface area contributed by atoms with Gasteiger partial charge in [-0.2, -0.15) is 0 Å². The lowest BCUT2D eigenvalue weighted by Crippen LogP contribution is -2.36. The van der Waals surface area contributed by atoms with Crippen molar-refractivity contribution in [3.05, 3.63) is 0 Å². The molecule has 1 unspecified atom stereocenters. The number of rotatable bonds is 0. The van der Waals surface area contributed by atoms with Gasteiger partial charge in [0.2, 0.25) is 0 Å². The molecule has 1 atom stereocenters. The first-order chi connectivity index (χ1) is 3.91. The molecule has 10 heavy (non-hydrogen) atoms. The molecule has 0 amide bonds. The summed E-state index contributed by atoms with van der Waals surface area (Å²) in [6.45, 7) is 1.78. The van der Waals surface area contributed by atoms with E-state index in [4.69, 9.17) is 5.73 Å². The molecule has 0 aromatic rings. The van der Waals surface area contributed by atoms with Gasteiger partial charge in [0.15, 0.2) is 9.84 Å². The highest BCUT2D eigenvalue weighted by Crippen LogP contribution is 2.19. The van der Waals surface area contributed by atoms with E-state index in [2.05, 4.69) is 0 Å². The first-order valence-electron chi connectivity index (χ1n) is 2.91. The van der Waals surface area contributed by atoms with Crippen LogP contribution in [0.2, 0.25) is 0 Å². The predicted octanol–water partition coefficient (Wildman–Crippen LogP) is -0.0559. The molecule has 0 aromatic carbocycles. The Balaban J connectivity index is 0.000000810. The Bertz CT molecular complexity index is 210. The standard InChI is InChI=1S/C5H11NO2S.ClH/c1-5(6)2-3-9(7,8)4-5;/h2-4,6H2,1H3;1H. The lowest BCUT2D eigenvalue weighted by atomic mass is 10.1. The zero-order chi connectivity index (χ0) is 7.12. The largest absolute Gasteiger partial charge is 0.324 e. The third kappa shape index (κ3) is 2.44. The summed E-state index contributed by atoms with van der Waals surface area (Å²) < 4.78 is 21.5. The van der Waals surface area contributed by atoms with Crippen molar-refractivity contribution in [2.24, 2.45) is 5.73 Å². The van der Waals surface area contributed by atoms with Gasteiger partial charge in [-0.25, -0.2) is 8.42 Å². The maximum absolute atomic E-state index is 10.8. The van der Waals surface area contributed by atoms with Gasteiger partial charge >= 0.3 is 0 Å². The fraction of sp³-hybridized carbons (Fsp3) is 1.00. The summed E-state index contributed by atoms with van der Waals surface area (Å²) in [4.78, 5) is 0. The quantitative estimate of drug-likeness (QED) is 0.576. The maximum atomic E-state index is 10.8. The third-order valence-corrected chi connectivity index (χ3v) is 3.46. The van der Waals surface area contributed by atoms with E-state index >= 15 is 0 Å². The summed E-state index contributed by atoms with van der Waals surface area (Å²) >= 11 is 0. The Morgan fingerprint density at radius 1 is 1.50 bits per heavy atom. The second-order valence-electron chi connectivity index (χ2n) is 3.00. The van der Waals surface area contributed by atoms with Crippen molar-refractivity contribution in [1.82, 2.24) is 0 Å². The number of halogens is 1. The van der Waals surface area contributed by atoms with Gasteiger partial charge in [0.05, 0.1) is 11.5 Å². The Morgan fingerprint density at radius 2 is 2.00 bits per heavy atom. The highest BCUT2D eigenvalue weighted by molar-refractivity contribution is 7.91. The van der Waals surface area contributed by atoms with E-state index in [0.29, 0.717) is 6.42 Å². The fourth-order valence-electron chi connectivity index (χ4n) is 1.04. The van der Waals surface area contributed by atoms with E-state index in [9.17, 15) is 8.42 Å². The Kier molecular flexibility index (Phi) is 2.73. The van der Waals surface area contributed by atoms with Crippen LogP contribution in [0.25, 0.3) is 0 Å². The smallest absolute Gasteiger partial charge is 0.152 e. The minimum atomic E-state index is -2.78. The van der Waals surface area contributed by atoms with E-state index in [-0.39, 0.29) is 23.9 Å². The minimum Gasteiger partial charge on any atom is -0.324 e. The van der Waals surface area contributed by atoms with Crippen LogP contribution in [0, 0.1) is 0 Å². The van der Waals surface area contributed by atoms with E-state index in [1.165, 1.54) is 0 Å². The average Bonchev–Trinajstić information content (AvgIpc) is 1.78. The zero-order valence-electron chi connectivity index (χ0n) is 5.83. The van der Waals surface area contributed by atoms with Crippen molar-refractivity contribution in [3.8, 4) is 0 Å². The summed E-state index contributed by atoms with van der Waals surface area (Å²) in [6.07, 6.45) is 0.606. The van der Waals surface area contributed by atoms with Gasteiger partial charge in [-0.05, 0) is 13.3 Å². The van der Waals surface area contributed by atoms with Crippen LogP contribution < -0.4 is 5.73 Å². The molecule has 62 valence electrons. The van der Waals surface area contributed by atoms with Crippen LogP contribution in [0.5, 0.6) is 0 Å². The van der Waals surface area contributed by atoms with Gasteiger partial charge in [0.25, 0.3) is 0 Å². The van der Waals surface area contributed by atoms with Crippen molar-refractivity contribution in [1.29, 1.82) is 0 Å². The summed E-state index contributed by atoms with van der Waals surface area (Å²) in [5.74, 6) is 0.417. The Labute approximate surface area is 67.3 Å². The molecular weight excluding hydrogens is 174 g/mol. The molecule has 1 aliphatic heterocycles. The van der Waals surface area contributed by atoms with E-state index in [0.717, 1.165) is 0 Å². The number of hydrogen-bond donors (Lipinski definition) is 1. The average molecular weight is 186 g/mol. The van der Waals surface area contributed by atoms with E-state index < -0.39 is 15.4 Å². The second kappa shape index (κ2) is 2.68. The number of hydrogen-bond acceptors (Lipinski definition) is 3. The normalized spacial score (nSPS) is 37.0. The molecule has 1 heterocycles. The second-order valence-corrected chi connectivity index (χ2v) is 5.18. The van der Waals surface area contributed by atoms with Crippen molar-refractivity contribution in [2.75, 3.05) is 11.5 Å². The number of nitrogens with two attached hydrogens (primary N) is 1. The first kappa shape index (κ1) is 10.2. The molecule has 2 N–H and O–H groups in total. The molecule has 0 aromatic heterocycles. The molecule has 0 spiro atoms. The van der Waals surface area contributed by atoms with Crippen LogP contribution >= 0.6 is 12.4 Å². The Hall–Kier alpha value is 0.200. The fourth-order valence-corrected chi connectivity index (χ4v) is 3.11. The predicted molar refractivity (Wildman–Crippen MR) is 43.1 cm³/mol. The molecule has 0 radical (unpaired) electrons. The summed E-state index contributed by atoms with van der Waals surface area (Å²) in [5.41, 5.74) is 5.11. The van der Waals surface area contributed by atoms with Crippen LogP contribution in [0.15, 0.2) is 0 Å². The molecule has 0 bridgehead atoms. The topological polar surface area (TPSA) is 60.2 Å². The summed E-state index contributed by atoms with van der Waals surface area (Å²) in [7, 11) is -2.78. The van der Waals surface area contributed by atoms with Gasteiger partial charge in [0, 0.05) is 5.54 Å². The molecule has 5 heteroatoms. The molecule has 0 saturated carbocycles. The first-order valence-corrected chi connectivity index (χ1v) is 4.73. The maximum Gasteiger partial charge on any atom is 0.152 e. The van der Waals surface area contributed by atoms with Crippen molar-refractivity contribution < 1.29 is 8.42 Å². The SMILES string of the molecule is CC1(N)CCS(=O)(=O)C1.Cl. The van der Waals surface area contributed by atoms with Gasteiger partial charge in [0.1, 0.15) is 0 Å².